The quantitative estimate of drug-likeness (QED) is 0.622. The van der Waals surface area contributed by atoms with Crippen molar-refractivity contribution in [2.45, 2.75) is 13.3 Å². The molecule has 0 heterocycles. The predicted molar refractivity (Wildman–Crippen MR) is 75.9 cm³/mol. The SMILES string of the molecule is CCOC(=O)CCNC(=O)c1cc(F)ccc1C#CCN. The van der Waals surface area contributed by atoms with Crippen molar-refractivity contribution in [1.82, 2.24) is 5.32 Å². The molecule has 1 amide bonds. The Bertz CT molecular complexity index is 576. The van der Waals surface area contributed by atoms with Crippen LogP contribution in [0.25, 0.3) is 0 Å². The Balaban J connectivity index is 2.72. The maximum absolute atomic E-state index is 13.3. The third kappa shape index (κ3) is 5.63. The van der Waals surface area contributed by atoms with Crippen LogP contribution in [0.15, 0.2) is 18.2 Å². The van der Waals surface area contributed by atoms with Gasteiger partial charge in [-0.15, -0.1) is 0 Å². The highest BCUT2D eigenvalue weighted by atomic mass is 19.1. The molecule has 0 aromatic heterocycles. The molecule has 0 aliphatic heterocycles. The maximum atomic E-state index is 13.3. The van der Waals surface area contributed by atoms with Gasteiger partial charge in [-0.3, -0.25) is 9.59 Å². The van der Waals surface area contributed by atoms with E-state index in [-0.39, 0.29) is 31.7 Å². The lowest BCUT2D eigenvalue weighted by molar-refractivity contribution is -0.142. The molecule has 21 heavy (non-hydrogen) atoms. The molecule has 0 radical (unpaired) electrons. The van der Waals surface area contributed by atoms with Crippen molar-refractivity contribution in [1.29, 1.82) is 0 Å². The van der Waals surface area contributed by atoms with E-state index in [0.29, 0.717) is 5.56 Å². The van der Waals surface area contributed by atoms with Crippen molar-refractivity contribution >= 4 is 11.9 Å². The summed E-state index contributed by atoms with van der Waals surface area (Å²) in [5.74, 6) is 3.88. The number of nitrogens with one attached hydrogen (secondary N) is 1. The topological polar surface area (TPSA) is 81.4 Å². The zero-order chi connectivity index (χ0) is 15.7. The van der Waals surface area contributed by atoms with Crippen LogP contribution in [-0.2, 0) is 9.53 Å². The minimum atomic E-state index is -0.538. The number of halogens is 1. The van der Waals surface area contributed by atoms with Crippen LogP contribution < -0.4 is 11.1 Å². The van der Waals surface area contributed by atoms with Crippen LogP contribution in [0.5, 0.6) is 0 Å². The Morgan fingerprint density at radius 3 is 2.86 bits per heavy atom. The van der Waals surface area contributed by atoms with Crippen molar-refractivity contribution in [3.8, 4) is 11.8 Å². The fourth-order valence-electron chi connectivity index (χ4n) is 1.57. The summed E-state index contributed by atoms with van der Waals surface area (Å²) in [6, 6.07) is 3.73. The minimum absolute atomic E-state index is 0.0543. The monoisotopic (exact) mass is 292 g/mol. The third-order valence-electron chi connectivity index (χ3n) is 2.47. The van der Waals surface area contributed by atoms with Gasteiger partial charge < -0.3 is 15.8 Å². The van der Waals surface area contributed by atoms with E-state index < -0.39 is 17.7 Å². The van der Waals surface area contributed by atoms with E-state index in [2.05, 4.69) is 17.2 Å². The van der Waals surface area contributed by atoms with Crippen molar-refractivity contribution in [3.63, 3.8) is 0 Å². The van der Waals surface area contributed by atoms with Crippen molar-refractivity contribution in [2.24, 2.45) is 5.73 Å². The van der Waals surface area contributed by atoms with Gasteiger partial charge in [0.25, 0.3) is 5.91 Å². The number of hydrogen-bond donors (Lipinski definition) is 2. The number of rotatable bonds is 5. The molecule has 112 valence electrons. The summed E-state index contributed by atoms with van der Waals surface area (Å²) >= 11 is 0. The van der Waals surface area contributed by atoms with Crippen LogP contribution in [0.1, 0.15) is 29.3 Å². The Morgan fingerprint density at radius 2 is 2.19 bits per heavy atom. The first kappa shape index (κ1) is 16.7. The third-order valence-corrected chi connectivity index (χ3v) is 2.47. The molecule has 0 aliphatic carbocycles. The number of hydrogen-bond acceptors (Lipinski definition) is 4. The number of carbonyl (C=O) groups excluding carboxylic acids is 2. The fourth-order valence-corrected chi connectivity index (χ4v) is 1.57. The van der Waals surface area contributed by atoms with Crippen molar-refractivity contribution in [2.75, 3.05) is 19.7 Å². The van der Waals surface area contributed by atoms with Crippen LogP contribution in [-0.4, -0.2) is 31.6 Å². The summed E-state index contributed by atoms with van der Waals surface area (Å²) in [7, 11) is 0. The van der Waals surface area contributed by atoms with E-state index in [0.717, 1.165) is 6.07 Å². The number of benzene rings is 1. The molecule has 0 atom stereocenters. The minimum Gasteiger partial charge on any atom is -0.466 e. The number of amides is 1. The summed E-state index contributed by atoms with van der Waals surface area (Å²) < 4.78 is 18.0. The lowest BCUT2D eigenvalue weighted by Gasteiger charge is -2.07. The molecule has 0 saturated heterocycles. The number of ether oxygens (including phenoxy) is 1. The molecule has 3 N–H and O–H groups in total. The average molecular weight is 292 g/mol. The molecule has 0 saturated carbocycles. The van der Waals surface area contributed by atoms with Crippen molar-refractivity contribution < 1.29 is 18.7 Å². The second-order valence-corrected chi connectivity index (χ2v) is 4.01. The standard InChI is InChI=1S/C15H17FN2O3/c1-2-21-14(19)7-9-18-15(20)13-10-12(16)6-5-11(13)4-3-8-17/h5-6,10H,2,7-9,17H2,1H3,(H,18,20). The first-order valence-electron chi connectivity index (χ1n) is 6.50. The fraction of sp³-hybridized carbons (Fsp3) is 0.333. The smallest absolute Gasteiger partial charge is 0.307 e. The van der Waals surface area contributed by atoms with E-state index in [4.69, 9.17) is 10.5 Å². The van der Waals surface area contributed by atoms with Crippen molar-refractivity contribution in [3.05, 3.63) is 35.1 Å². The van der Waals surface area contributed by atoms with Crippen LogP contribution >= 0.6 is 0 Å². The molecule has 0 fully saturated rings. The van der Waals surface area contributed by atoms with Gasteiger partial charge in [-0.1, -0.05) is 11.8 Å². The Labute approximate surface area is 122 Å². The molecule has 0 aliphatic rings. The number of carbonyl (C=O) groups is 2. The highest BCUT2D eigenvalue weighted by molar-refractivity contribution is 5.96. The first-order valence-corrected chi connectivity index (χ1v) is 6.50. The van der Waals surface area contributed by atoms with Crippen LogP contribution in [0, 0.1) is 17.7 Å². The van der Waals surface area contributed by atoms with E-state index in [1.165, 1.54) is 12.1 Å². The van der Waals surface area contributed by atoms with Gasteiger partial charge in [0, 0.05) is 12.1 Å². The highest BCUT2D eigenvalue weighted by Crippen LogP contribution is 2.10. The van der Waals surface area contributed by atoms with E-state index in [9.17, 15) is 14.0 Å². The molecule has 1 rings (SSSR count). The normalized spacial score (nSPS) is 9.48. The molecular weight excluding hydrogens is 275 g/mol. The molecule has 5 nitrogen and oxygen atoms in total. The Kier molecular flexibility index (Phi) is 6.92. The molecule has 0 bridgehead atoms. The van der Waals surface area contributed by atoms with Gasteiger partial charge in [-0.05, 0) is 25.1 Å². The lowest BCUT2D eigenvalue weighted by atomic mass is 10.1. The van der Waals surface area contributed by atoms with E-state index >= 15 is 0 Å². The highest BCUT2D eigenvalue weighted by Gasteiger charge is 2.12. The first-order chi connectivity index (χ1) is 10.1. The summed E-state index contributed by atoms with van der Waals surface area (Å²) in [4.78, 5) is 23.1. The molecule has 0 spiro atoms. The number of esters is 1. The van der Waals surface area contributed by atoms with Crippen LogP contribution in [0.2, 0.25) is 0 Å². The summed E-state index contributed by atoms with van der Waals surface area (Å²) in [5, 5.41) is 2.53. The number of nitrogens with two attached hydrogens (primary N) is 1. The molecular formula is C15H17FN2O3. The van der Waals surface area contributed by atoms with Gasteiger partial charge in [-0.25, -0.2) is 4.39 Å². The van der Waals surface area contributed by atoms with Gasteiger partial charge in [0.05, 0.1) is 25.1 Å². The zero-order valence-corrected chi connectivity index (χ0v) is 11.7. The summed E-state index contributed by atoms with van der Waals surface area (Å²) in [6.07, 6.45) is 0.0543. The van der Waals surface area contributed by atoms with E-state index in [1.807, 2.05) is 0 Å². The van der Waals surface area contributed by atoms with Gasteiger partial charge in [0.2, 0.25) is 0 Å². The predicted octanol–water partition coefficient (Wildman–Crippen LogP) is 0.819. The largest absolute Gasteiger partial charge is 0.466 e. The summed E-state index contributed by atoms with van der Waals surface area (Å²) in [6.45, 7) is 2.24. The molecule has 1 aromatic carbocycles. The molecule has 1 aromatic rings. The Morgan fingerprint density at radius 1 is 1.43 bits per heavy atom. The second kappa shape index (κ2) is 8.72. The Hall–Kier alpha value is -2.39. The second-order valence-electron chi connectivity index (χ2n) is 4.01. The van der Waals surface area contributed by atoms with E-state index in [1.54, 1.807) is 6.92 Å². The van der Waals surface area contributed by atoms with Gasteiger partial charge in [0.15, 0.2) is 0 Å². The maximum Gasteiger partial charge on any atom is 0.307 e. The molecule has 0 unspecified atom stereocenters. The van der Waals surface area contributed by atoms with Gasteiger partial charge >= 0.3 is 5.97 Å². The van der Waals surface area contributed by atoms with Gasteiger partial charge in [0.1, 0.15) is 5.82 Å². The van der Waals surface area contributed by atoms with Crippen LogP contribution in [0.3, 0.4) is 0 Å². The van der Waals surface area contributed by atoms with Crippen LogP contribution in [0.4, 0.5) is 4.39 Å². The molecule has 6 heteroatoms. The average Bonchev–Trinajstić information content (AvgIpc) is 2.46. The summed E-state index contributed by atoms with van der Waals surface area (Å²) in [5.41, 5.74) is 5.77. The zero-order valence-electron chi connectivity index (χ0n) is 11.7. The van der Waals surface area contributed by atoms with Gasteiger partial charge in [-0.2, -0.15) is 0 Å². The lowest BCUT2D eigenvalue weighted by Crippen LogP contribution is -2.27.